The number of imidazole rings is 1. The van der Waals surface area contributed by atoms with Gasteiger partial charge >= 0.3 is 17.7 Å². The maximum Gasteiger partial charge on any atom is 0.327 e. The number of hydrogen-bond donors (Lipinski definition) is 3. The van der Waals surface area contributed by atoms with Gasteiger partial charge in [0.2, 0.25) is 0 Å². The largest absolute Gasteiger partial charge is 0.481 e. The van der Waals surface area contributed by atoms with Crippen molar-refractivity contribution in [1.29, 1.82) is 0 Å². The molecule has 0 spiro atoms. The zero-order chi connectivity index (χ0) is 28.3. The third-order valence-corrected chi connectivity index (χ3v) is 7.40. The van der Waals surface area contributed by atoms with Gasteiger partial charge < -0.3 is 25.5 Å². The summed E-state index contributed by atoms with van der Waals surface area (Å²) in [5.41, 5.74) is 8.69. The molecule has 4 N–H and O–H groups in total. The van der Waals surface area contributed by atoms with Crippen LogP contribution in [0.3, 0.4) is 0 Å². The van der Waals surface area contributed by atoms with Gasteiger partial charge in [-0.05, 0) is 69.4 Å². The molecule has 1 fully saturated rings. The second kappa shape index (κ2) is 16.3. The quantitative estimate of drug-likeness (QED) is 0.213. The Morgan fingerprint density at radius 2 is 1.73 bits per heavy atom. The Morgan fingerprint density at radius 1 is 1.05 bits per heavy atom. The minimum atomic E-state index is -0.828. The topological polar surface area (TPSA) is 143 Å². The van der Waals surface area contributed by atoms with Gasteiger partial charge in [0.25, 0.3) is 0 Å². The number of rotatable bonds is 16. The number of unbranched alkanes of at least 4 members (excludes halogenated alkanes) is 1. The molecule has 0 amide bonds. The molecule has 3 heterocycles. The lowest BCUT2D eigenvalue weighted by Gasteiger charge is -2.28. The maximum atomic E-state index is 12.8. The molecule has 226 valence electrons. The van der Waals surface area contributed by atoms with Crippen LogP contribution in [0.5, 0.6) is 6.01 Å². The van der Waals surface area contributed by atoms with E-state index in [9.17, 15) is 9.59 Å². The van der Waals surface area contributed by atoms with Crippen LogP contribution in [0.4, 0.5) is 5.82 Å². The molecule has 11 nitrogen and oxygen atoms in total. The van der Waals surface area contributed by atoms with Crippen LogP contribution < -0.4 is 16.2 Å². The number of aromatic nitrogens is 4. The Morgan fingerprint density at radius 3 is 2.41 bits per heavy atom. The summed E-state index contributed by atoms with van der Waals surface area (Å²) in [6, 6.07) is 8.01. The van der Waals surface area contributed by atoms with E-state index in [0.29, 0.717) is 24.3 Å². The fraction of sp³-hybridized carbons (Fsp3) is 0.586. The van der Waals surface area contributed by atoms with E-state index in [0.717, 1.165) is 63.0 Å². The number of ether oxygens (including phenoxy) is 1. The zero-order valence-electron chi connectivity index (χ0n) is 24.0. The first-order valence-electron chi connectivity index (χ1n) is 14.6. The van der Waals surface area contributed by atoms with Crippen LogP contribution in [0.25, 0.3) is 11.2 Å². The molecular weight excluding hydrogens is 546 g/mol. The van der Waals surface area contributed by atoms with Crippen molar-refractivity contribution in [3.63, 3.8) is 0 Å². The van der Waals surface area contributed by atoms with E-state index in [-0.39, 0.29) is 36.3 Å². The van der Waals surface area contributed by atoms with Crippen molar-refractivity contribution in [2.75, 3.05) is 45.1 Å². The third kappa shape index (κ3) is 9.72. The highest BCUT2D eigenvalue weighted by atomic mass is 35.5. The van der Waals surface area contributed by atoms with Gasteiger partial charge in [-0.15, -0.1) is 12.4 Å². The summed E-state index contributed by atoms with van der Waals surface area (Å²) in [4.78, 5) is 40.2. The van der Waals surface area contributed by atoms with Crippen LogP contribution in [0, 0.1) is 0 Å². The monoisotopic (exact) mass is 589 g/mol. The number of carboxylic acid groups (broad SMARTS) is 1. The van der Waals surface area contributed by atoms with Crippen LogP contribution in [0.2, 0.25) is 0 Å². The minimum absolute atomic E-state index is 0. The Bertz CT molecular complexity index is 1290. The number of anilines is 1. The summed E-state index contributed by atoms with van der Waals surface area (Å²) in [5, 5.41) is 9.07. The number of carbonyl (C=O) groups is 1. The Hall–Kier alpha value is -3.15. The van der Waals surface area contributed by atoms with Gasteiger partial charge in [-0.1, -0.05) is 44.0 Å². The first-order valence-corrected chi connectivity index (χ1v) is 14.6. The van der Waals surface area contributed by atoms with Crippen molar-refractivity contribution >= 4 is 35.4 Å². The predicted molar refractivity (Wildman–Crippen MR) is 163 cm³/mol. The molecule has 0 bridgehead atoms. The average molecular weight is 590 g/mol. The van der Waals surface area contributed by atoms with E-state index in [4.69, 9.17) is 15.6 Å². The van der Waals surface area contributed by atoms with Crippen LogP contribution >= 0.6 is 12.4 Å². The van der Waals surface area contributed by atoms with Gasteiger partial charge in [-0.25, -0.2) is 4.79 Å². The zero-order valence-corrected chi connectivity index (χ0v) is 24.8. The lowest BCUT2D eigenvalue weighted by molar-refractivity contribution is -0.136. The maximum absolute atomic E-state index is 12.8. The normalized spacial score (nSPS) is 13.9. The Kier molecular flexibility index (Phi) is 12.9. The molecule has 1 aromatic carbocycles. The molecule has 4 rings (SSSR count). The lowest BCUT2D eigenvalue weighted by atomic mass is 10.1. The number of hydrogen-bond acceptors (Lipinski definition) is 8. The molecule has 41 heavy (non-hydrogen) atoms. The summed E-state index contributed by atoms with van der Waals surface area (Å²) in [5.74, 6) is -0.621. The van der Waals surface area contributed by atoms with E-state index in [1.54, 1.807) is 4.57 Å². The van der Waals surface area contributed by atoms with Gasteiger partial charge in [0.05, 0.1) is 13.0 Å². The van der Waals surface area contributed by atoms with E-state index in [1.807, 2.05) is 24.3 Å². The molecule has 12 heteroatoms. The molecule has 1 saturated heterocycles. The van der Waals surface area contributed by atoms with E-state index in [2.05, 4.69) is 31.7 Å². The minimum Gasteiger partial charge on any atom is -0.481 e. The van der Waals surface area contributed by atoms with Gasteiger partial charge in [0.15, 0.2) is 11.5 Å². The van der Waals surface area contributed by atoms with E-state index in [1.165, 1.54) is 32.4 Å². The summed E-state index contributed by atoms with van der Waals surface area (Å²) in [6.45, 7) is 9.04. The van der Waals surface area contributed by atoms with Gasteiger partial charge in [0.1, 0.15) is 5.52 Å². The van der Waals surface area contributed by atoms with Crippen molar-refractivity contribution in [3.8, 4) is 6.01 Å². The number of carboxylic acids is 1. The highest BCUT2D eigenvalue weighted by molar-refractivity contribution is 5.85. The summed E-state index contributed by atoms with van der Waals surface area (Å²) in [7, 11) is 0. The molecule has 1 aliphatic rings. The first kappa shape index (κ1) is 32.4. The number of likely N-dealkylation sites (tertiary alicyclic amines) is 1. The van der Waals surface area contributed by atoms with Gasteiger partial charge in [0, 0.05) is 19.6 Å². The van der Waals surface area contributed by atoms with Crippen molar-refractivity contribution in [1.82, 2.24) is 29.3 Å². The fourth-order valence-electron chi connectivity index (χ4n) is 5.23. The molecule has 2 aromatic heterocycles. The highest BCUT2D eigenvalue weighted by Gasteiger charge is 2.16. The standard InChI is InChI=1S/C29H43N7O4.ClH/c1-2-3-19-40-28-32-26(30)25-27(33-28)36(29(39)31-25)18-8-17-35(16-7-15-34-13-5-4-6-14-34)21-23-11-9-22(10-12-23)20-24(37)38;/h9-12H,2-8,13-21H2,1H3,(H,31,39)(H,37,38)(H2,30,32,33);1H. The number of piperidine rings is 1. The number of fused-ring (bicyclic) bond motifs is 1. The number of nitrogens with two attached hydrogens (primary N) is 1. The second-order valence-corrected chi connectivity index (χ2v) is 10.6. The number of halogens is 1. The third-order valence-electron chi connectivity index (χ3n) is 7.40. The Labute approximate surface area is 247 Å². The molecule has 0 atom stereocenters. The summed E-state index contributed by atoms with van der Waals surface area (Å²) in [6.07, 6.45) is 7.63. The van der Waals surface area contributed by atoms with Crippen molar-refractivity contribution in [2.45, 2.75) is 71.4 Å². The van der Waals surface area contributed by atoms with Crippen LogP contribution in [-0.4, -0.2) is 79.7 Å². The fourth-order valence-corrected chi connectivity index (χ4v) is 5.23. The highest BCUT2D eigenvalue weighted by Crippen LogP contribution is 2.18. The number of nitrogens with zero attached hydrogens (tertiary/aromatic N) is 5. The SMILES string of the molecule is CCCCOc1nc(N)c2[nH]c(=O)n(CCCN(CCCN3CCCCC3)Cc3ccc(CC(=O)O)cc3)c2n1.Cl. The molecule has 1 aliphatic heterocycles. The van der Waals surface area contributed by atoms with Crippen molar-refractivity contribution < 1.29 is 14.6 Å². The summed E-state index contributed by atoms with van der Waals surface area (Å²) < 4.78 is 7.27. The number of nitrogen functional groups attached to an aromatic ring is 1. The second-order valence-electron chi connectivity index (χ2n) is 10.6. The number of aromatic amines is 1. The van der Waals surface area contributed by atoms with Gasteiger partial charge in [-0.2, -0.15) is 9.97 Å². The Balaban J connectivity index is 0.00000462. The molecule has 0 unspecified atom stereocenters. The smallest absolute Gasteiger partial charge is 0.327 e. The summed E-state index contributed by atoms with van der Waals surface area (Å²) >= 11 is 0. The number of benzene rings is 1. The lowest BCUT2D eigenvalue weighted by Crippen LogP contribution is -2.34. The molecule has 0 radical (unpaired) electrons. The number of aliphatic carboxylic acids is 1. The number of nitrogens with one attached hydrogen (secondary N) is 1. The predicted octanol–water partition coefficient (Wildman–Crippen LogP) is 3.70. The van der Waals surface area contributed by atoms with E-state index >= 15 is 0 Å². The number of aryl methyl sites for hydroxylation is 1. The molecule has 3 aromatic rings. The van der Waals surface area contributed by atoms with Crippen LogP contribution in [-0.2, 0) is 24.3 Å². The van der Waals surface area contributed by atoms with E-state index < -0.39 is 5.97 Å². The van der Waals surface area contributed by atoms with Crippen LogP contribution in [0.15, 0.2) is 29.1 Å². The van der Waals surface area contributed by atoms with Gasteiger partial charge in [-0.3, -0.25) is 14.3 Å². The van der Waals surface area contributed by atoms with Crippen molar-refractivity contribution in [3.05, 3.63) is 45.9 Å². The van der Waals surface area contributed by atoms with Crippen LogP contribution in [0.1, 0.15) is 63.0 Å². The average Bonchev–Trinajstić information content (AvgIpc) is 3.25. The first-order chi connectivity index (χ1) is 19.4. The molecule has 0 aliphatic carbocycles. The van der Waals surface area contributed by atoms with Crippen molar-refractivity contribution in [2.24, 2.45) is 0 Å². The molecular formula is C29H44ClN7O4. The number of H-pyrrole nitrogens is 1. The molecule has 0 saturated carbocycles.